The number of nitriles is 1. The van der Waals surface area contributed by atoms with Crippen molar-refractivity contribution in [1.29, 1.82) is 5.26 Å². The van der Waals surface area contributed by atoms with Crippen molar-refractivity contribution in [2.75, 3.05) is 12.4 Å². The molecule has 0 saturated heterocycles. The van der Waals surface area contributed by atoms with E-state index in [0.29, 0.717) is 35.4 Å². The molecule has 0 bridgehead atoms. The number of rotatable bonds is 2. The van der Waals surface area contributed by atoms with E-state index in [1.54, 1.807) is 28.9 Å². The number of carbonyl (C=O) groups excluding carboxylic acids is 2. The maximum absolute atomic E-state index is 13.1. The van der Waals surface area contributed by atoms with Crippen LogP contribution in [0.15, 0.2) is 41.7 Å². The van der Waals surface area contributed by atoms with Crippen LogP contribution in [0.3, 0.4) is 0 Å². The van der Waals surface area contributed by atoms with Gasteiger partial charge in [-0.3, -0.25) is 4.79 Å². The molecule has 1 N–H and O–H groups in total. The lowest BCUT2D eigenvalue weighted by atomic mass is 9.73. The van der Waals surface area contributed by atoms with Crippen LogP contribution in [0.25, 0.3) is 0 Å². The van der Waals surface area contributed by atoms with Crippen molar-refractivity contribution in [1.82, 2.24) is 9.78 Å². The van der Waals surface area contributed by atoms with E-state index in [2.05, 4.69) is 30.3 Å². The number of ketones is 1. The molecule has 4 rings (SSSR count). The van der Waals surface area contributed by atoms with Gasteiger partial charge in [-0.15, -0.1) is 0 Å². The molecule has 1 atom stereocenters. The van der Waals surface area contributed by atoms with Crippen LogP contribution in [0, 0.1) is 16.7 Å². The number of nitrogens with zero attached hydrogens (tertiary/aromatic N) is 3. The zero-order valence-corrected chi connectivity index (χ0v) is 15.9. The molecule has 0 radical (unpaired) electrons. The molecule has 1 aromatic carbocycles. The van der Waals surface area contributed by atoms with Gasteiger partial charge in [-0.25, -0.2) is 9.48 Å². The van der Waals surface area contributed by atoms with Crippen molar-refractivity contribution in [3.05, 3.63) is 58.4 Å². The lowest BCUT2D eigenvalue weighted by Crippen LogP contribution is -2.36. The topological polar surface area (TPSA) is 97.0 Å². The van der Waals surface area contributed by atoms with Gasteiger partial charge in [0, 0.05) is 17.7 Å². The number of fused-ring (bicyclic) bond motifs is 1. The summed E-state index contributed by atoms with van der Waals surface area (Å²) in [5, 5.41) is 17.1. The number of hydrogen-bond acceptors (Lipinski definition) is 6. The monoisotopic (exact) mass is 376 g/mol. The van der Waals surface area contributed by atoms with Gasteiger partial charge in [0.25, 0.3) is 0 Å². The number of allylic oxidation sites excluding steroid dienone is 2. The number of hydrogen-bond donors (Lipinski definition) is 1. The highest BCUT2D eigenvalue weighted by Gasteiger charge is 2.41. The van der Waals surface area contributed by atoms with Gasteiger partial charge in [-0.2, -0.15) is 10.4 Å². The summed E-state index contributed by atoms with van der Waals surface area (Å²) in [5.74, 6) is 0.244. The second kappa shape index (κ2) is 6.34. The Balaban J connectivity index is 1.87. The Morgan fingerprint density at radius 2 is 2.04 bits per heavy atom. The number of carbonyl (C=O) groups is 2. The number of anilines is 1. The minimum Gasteiger partial charge on any atom is -0.465 e. The second-order valence-electron chi connectivity index (χ2n) is 7.94. The molecule has 0 unspecified atom stereocenters. The standard InChI is InChI=1S/C21H20N4O3/c1-21(2)8-15-17(16(26)9-21)18(25-19(24-15)14(10-22)11-23-25)12-4-6-13(7-5-12)20(27)28-3/h4-7,11,18,24H,8-9H2,1-3H3/t18-/m0/s1. The highest BCUT2D eigenvalue weighted by Crippen LogP contribution is 2.46. The summed E-state index contributed by atoms with van der Waals surface area (Å²) in [6.45, 7) is 4.13. The number of esters is 1. The molecule has 2 aliphatic rings. The largest absolute Gasteiger partial charge is 0.465 e. The summed E-state index contributed by atoms with van der Waals surface area (Å²) in [5.41, 5.74) is 3.04. The van der Waals surface area contributed by atoms with Gasteiger partial charge < -0.3 is 10.1 Å². The fourth-order valence-electron chi connectivity index (χ4n) is 4.02. The molecule has 0 spiro atoms. The highest BCUT2D eigenvalue weighted by molar-refractivity contribution is 6.00. The lowest BCUT2D eigenvalue weighted by Gasteiger charge is -2.38. The average molecular weight is 376 g/mol. The van der Waals surface area contributed by atoms with Gasteiger partial charge in [-0.1, -0.05) is 26.0 Å². The molecule has 1 aliphatic heterocycles. The minimum absolute atomic E-state index is 0.0699. The predicted molar refractivity (Wildman–Crippen MR) is 102 cm³/mol. The van der Waals surface area contributed by atoms with E-state index in [0.717, 1.165) is 11.3 Å². The van der Waals surface area contributed by atoms with Crippen molar-refractivity contribution >= 4 is 17.6 Å². The number of ether oxygens (including phenoxy) is 1. The highest BCUT2D eigenvalue weighted by atomic mass is 16.5. The molecule has 7 nitrogen and oxygen atoms in total. The van der Waals surface area contributed by atoms with E-state index in [4.69, 9.17) is 4.74 Å². The van der Waals surface area contributed by atoms with Crippen LogP contribution in [0.2, 0.25) is 0 Å². The van der Waals surface area contributed by atoms with E-state index in [1.165, 1.54) is 13.3 Å². The molecular weight excluding hydrogens is 356 g/mol. The van der Waals surface area contributed by atoms with E-state index >= 15 is 0 Å². The lowest BCUT2D eigenvalue weighted by molar-refractivity contribution is -0.118. The summed E-state index contributed by atoms with van der Waals surface area (Å²) in [6, 6.07) is 8.67. The normalized spacial score (nSPS) is 19.9. The maximum Gasteiger partial charge on any atom is 0.337 e. The third kappa shape index (κ3) is 2.78. The molecule has 0 saturated carbocycles. The summed E-state index contributed by atoms with van der Waals surface area (Å²) in [7, 11) is 1.34. The third-order valence-electron chi connectivity index (χ3n) is 5.27. The van der Waals surface area contributed by atoms with Gasteiger partial charge in [-0.05, 0) is 29.5 Å². The van der Waals surface area contributed by atoms with E-state index in [1.807, 2.05) is 0 Å². The summed E-state index contributed by atoms with van der Waals surface area (Å²) in [4.78, 5) is 24.8. The zero-order chi connectivity index (χ0) is 20.1. The van der Waals surface area contributed by atoms with Crippen LogP contribution < -0.4 is 5.32 Å². The Labute approximate surface area is 162 Å². The first-order chi connectivity index (χ1) is 13.3. The van der Waals surface area contributed by atoms with Crippen molar-refractivity contribution in [3.8, 4) is 6.07 Å². The Bertz CT molecular complexity index is 1050. The van der Waals surface area contributed by atoms with Crippen LogP contribution in [-0.4, -0.2) is 28.6 Å². The first-order valence-electron chi connectivity index (χ1n) is 9.04. The van der Waals surface area contributed by atoms with Crippen molar-refractivity contribution < 1.29 is 14.3 Å². The van der Waals surface area contributed by atoms with Crippen LogP contribution in [0.5, 0.6) is 0 Å². The molecule has 2 aromatic rings. The van der Waals surface area contributed by atoms with Gasteiger partial charge in [0.15, 0.2) is 5.78 Å². The number of aromatic nitrogens is 2. The Hall–Kier alpha value is -3.40. The summed E-state index contributed by atoms with van der Waals surface area (Å²) in [6.07, 6.45) is 2.67. The fourth-order valence-corrected chi connectivity index (χ4v) is 4.02. The molecule has 0 amide bonds. The van der Waals surface area contributed by atoms with Crippen molar-refractivity contribution in [3.63, 3.8) is 0 Å². The Morgan fingerprint density at radius 1 is 1.32 bits per heavy atom. The molecule has 7 heteroatoms. The van der Waals surface area contributed by atoms with Crippen molar-refractivity contribution in [2.45, 2.75) is 32.7 Å². The fraction of sp³-hybridized carbons (Fsp3) is 0.333. The van der Waals surface area contributed by atoms with Crippen LogP contribution in [0.4, 0.5) is 5.82 Å². The summed E-state index contributed by atoms with van der Waals surface area (Å²) >= 11 is 0. The zero-order valence-electron chi connectivity index (χ0n) is 15.9. The quantitative estimate of drug-likeness (QED) is 0.809. The number of benzene rings is 1. The van der Waals surface area contributed by atoms with E-state index < -0.39 is 12.0 Å². The first-order valence-corrected chi connectivity index (χ1v) is 9.04. The van der Waals surface area contributed by atoms with Crippen molar-refractivity contribution in [2.24, 2.45) is 5.41 Å². The first kappa shape index (κ1) is 18.0. The van der Waals surface area contributed by atoms with Crippen LogP contribution >= 0.6 is 0 Å². The van der Waals surface area contributed by atoms with Gasteiger partial charge in [0.2, 0.25) is 0 Å². The third-order valence-corrected chi connectivity index (χ3v) is 5.27. The number of methoxy groups -OCH3 is 1. The molecule has 1 aromatic heterocycles. The predicted octanol–water partition coefficient (Wildman–Crippen LogP) is 3.20. The molecule has 2 heterocycles. The van der Waals surface area contributed by atoms with Crippen LogP contribution in [0.1, 0.15) is 54.2 Å². The Morgan fingerprint density at radius 3 is 2.68 bits per heavy atom. The number of nitrogens with one attached hydrogen (secondary N) is 1. The van der Waals surface area contributed by atoms with Crippen LogP contribution in [-0.2, 0) is 9.53 Å². The molecular formula is C21H20N4O3. The molecule has 0 fully saturated rings. The SMILES string of the molecule is COC(=O)c1ccc([C@H]2C3=C(CC(C)(C)CC3=O)Nc3c(C#N)cnn32)cc1. The van der Waals surface area contributed by atoms with E-state index in [9.17, 15) is 14.9 Å². The van der Waals surface area contributed by atoms with Gasteiger partial charge >= 0.3 is 5.97 Å². The summed E-state index contributed by atoms with van der Waals surface area (Å²) < 4.78 is 6.44. The smallest absolute Gasteiger partial charge is 0.337 e. The minimum atomic E-state index is -0.441. The molecule has 1 aliphatic carbocycles. The number of Topliss-reactive ketones (excluding diaryl/α,β-unsaturated/α-hetero) is 1. The Kier molecular flexibility index (Phi) is 4.07. The van der Waals surface area contributed by atoms with Gasteiger partial charge in [0.05, 0.1) is 18.9 Å². The molecule has 28 heavy (non-hydrogen) atoms. The van der Waals surface area contributed by atoms with E-state index in [-0.39, 0.29) is 11.2 Å². The second-order valence-corrected chi connectivity index (χ2v) is 7.94. The maximum atomic E-state index is 13.1. The molecule has 142 valence electrons. The average Bonchev–Trinajstić information content (AvgIpc) is 3.07. The van der Waals surface area contributed by atoms with Gasteiger partial charge in [0.1, 0.15) is 23.5 Å².